The molecule has 1 unspecified atom stereocenters. The van der Waals surface area contributed by atoms with Crippen LogP contribution in [-0.2, 0) is 0 Å². The number of hydrogen-bond acceptors (Lipinski definition) is 1. The summed E-state index contributed by atoms with van der Waals surface area (Å²) in [6.07, 6.45) is 0.741. The average Bonchev–Trinajstić information content (AvgIpc) is 2.05. The van der Waals surface area contributed by atoms with E-state index in [0.29, 0.717) is 6.54 Å². The highest BCUT2D eigenvalue weighted by molar-refractivity contribution is 5.28. The van der Waals surface area contributed by atoms with Crippen LogP contribution in [0.1, 0.15) is 23.6 Å². The molecule has 0 amide bonds. The molecule has 0 bridgehead atoms. The fraction of sp³-hybridized carbons (Fsp3) is 0.400. The van der Waals surface area contributed by atoms with Crippen LogP contribution in [0.5, 0.6) is 0 Å². The highest BCUT2D eigenvalue weighted by Gasteiger charge is 2.06. The molecule has 0 aromatic heterocycles. The van der Waals surface area contributed by atoms with Crippen LogP contribution in [0.4, 0.5) is 0 Å². The van der Waals surface area contributed by atoms with Crippen molar-refractivity contribution in [2.24, 2.45) is 5.73 Å². The fourth-order valence-electron chi connectivity index (χ4n) is 1.31. The lowest BCUT2D eigenvalue weighted by Crippen LogP contribution is -2.13. The minimum atomic E-state index is 0.0312. The summed E-state index contributed by atoms with van der Waals surface area (Å²) in [5, 5.41) is 0. The summed E-state index contributed by atoms with van der Waals surface area (Å²) >= 11 is 0. The first-order valence-electron chi connectivity index (χ1n) is 4.21. The predicted octanol–water partition coefficient (Wildman–Crippen LogP) is 1.67. The van der Waals surface area contributed by atoms with E-state index in [0.717, 1.165) is 6.42 Å². The highest BCUT2D eigenvalue weighted by atomic mass is 14.7. The zero-order valence-corrected chi connectivity index (χ0v) is 7.38. The molecule has 1 atom stereocenters. The first kappa shape index (κ1) is 9.23. The van der Waals surface area contributed by atoms with E-state index in [2.05, 4.69) is 13.0 Å². The van der Waals surface area contributed by atoms with Crippen molar-refractivity contribution >= 4 is 0 Å². The van der Waals surface area contributed by atoms with Crippen LogP contribution >= 0.6 is 0 Å². The standard InChI is InChI=1S/C10H15N2/c1-8-4-2-3-5-9(8)10(12)6-7-11/h2-5,10-11H,6-7,12H2,1H3. The van der Waals surface area contributed by atoms with Gasteiger partial charge in [0.15, 0.2) is 0 Å². The van der Waals surface area contributed by atoms with Crippen molar-refractivity contribution in [2.75, 3.05) is 6.54 Å². The maximum Gasteiger partial charge on any atom is 0.0310 e. The second-order valence-electron chi connectivity index (χ2n) is 3.00. The van der Waals surface area contributed by atoms with Crippen LogP contribution < -0.4 is 11.5 Å². The Morgan fingerprint density at radius 1 is 1.42 bits per heavy atom. The molecular weight excluding hydrogens is 148 g/mol. The van der Waals surface area contributed by atoms with Gasteiger partial charge in [0.1, 0.15) is 0 Å². The minimum Gasteiger partial charge on any atom is -0.324 e. The van der Waals surface area contributed by atoms with Gasteiger partial charge in [-0.3, -0.25) is 5.73 Å². The molecule has 2 nitrogen and oxygen atoms in total. The Hall–Kier alpha value is -0.860. The number of benzene rings is 1. The molecule has 0 spiro atoms. The van der Waals surface area contributed by atoms with Crippen molar-refractivity contribution in [2.45, 2.75) is 19.4 Å². The first-order valence-corrected chi connectivity index (χ1v) is 4.21. The number of hydrogen-bond donors (Lipinski definition) is 1. The molecule has 65 valence electrons. The number of aryl methyl sites for hydroxylation is 1. The van der Waals surface area contributed by atoms with Gasteiger partial charge >= 0.3 is 0 Å². The van der Waals surface area contributed by atoms with Gasteiger partial charge < -0.3 is 5.73 Å². The lowest BCUT2D eigenvalue weighted by atomic mass is 10.00. The van der Waals surface area contributed by atoms with Gasteiger partial charge in [-0.15, -0.1) is 0 Å². The molecule has 2 heteroatoms. The monoisotopic (exact) mass is 163 g/mol. The van der Waals surface area contributed by atoms with Crippen LogP contribution in [0, 0.1) is 6.92 Å². The van der Waals surface area contributed by atoms with Gasteiger partial charge in [0.25, 0.3) is 0 Å². The maximum absolute atomic E-state index is 7.07. The summed E-state index contributed by atoms with van der Waals surface area (Å²) < 4.78 is 0. The summed E-state index contributed by atoms with van der Waals surface area (Å²) in [5.41, 5.74) is 15.4. The van der Waals surface area contributed by atoms with Crippen molar-refractivity contribution in [1.82, 2.24) is 5.73 Å². The average molecular weight is 163 g/mol. The minimum absolute atomic E-state index is 0.0312. The SMILES string of the molecule is Cc1ccccc1C(N)CC[NH]. The summed E-state index contributed by atoms with van der Waals surface area (Å²) in [6, 6.07) is 8.12. The molecule has 1 radical (unpaired) electrons. The van der Waals surface area contributed by atoms with E-state index in [1.165, 1.54) is 11.1 Å². The maximum atomic E-state index is 7.07. The van der Waals surface area contributed by atoms with Gasteiger partial charge in [0.05, 0.1) is 0 Å². The Morgan fingerprint density at radius 3 is 2.67 bits per heavy atom. The van der Waals surface area contributed by atoms with E-state index < -0.39 is 0 Å². The third-order valence-electron chi connectivity index (χ3n) is 2.04. The third kappa shape index (κ3) is 2.06. The second kappa shape index (κ2) is 4.24. The van der Waals surface area contributed by atoms with E-state index in [1.54, 1.807) is 0 Å². The van der Waals surface area contributed by atoms with E-state index in [-0.39, 0.29) is 6.04 Å². The second-order valence-corrected chi connectivity index (χ2v) is 3.00. The van der Waals surface area contributed by atoms with Crippen molar-refractivity contribution in [3.8, 4) is 0 Å². The van der Waals surface area contributed by atoms with Gasteiger partial charge in [-0.1, -0.05) is 24.3 Å². The van der Waals surface area contributed by atoms with Crippen LogP contribution in [0.3, 0.4) is 0 Å². The molecule has 12 heavy (non-hydrogen) atoms. The predicted molar refractivity (Wildman–Crippen MR) is 50.7 cm³/mol. The Balaban J connectivity index is 2.79. The van der Waals surface area contributed by atoms with E-state index in [1.807, 2.05) is 18.2 Å². The zero-order valence-electron chi connectivity index (χ0n) is 7.38. The molecule has 0 aliphatic rings. The van der Waals surface area contributed by atoms with Gasteiger partial charge in [0.2, 0.25) is 0 Å². The van der Waals surface area contributed by atoms with Crippen LogP contribution in [-0.4, -0.2) is 6.54 Å². The first-order chi connectivity index (χ1) is 5.75. The Labute approximate surface area is 73.6 Å². The van der Waals surface area contributed by atoms with Crippen LogP contribution in [0.2, 0.25) is 0 Å². The fourth-order valence-corrected chi connectivity index (χ4v) is 1.31. The highest BCUT2D eigenvalue weighted by Crippen LogP contribution is 2.16. The normalized spacial score (nSPS) is 12.9. The zero-order chi connectivity index (χ0) is 8.97. The third-order valence-corrected chi connectivity index (χ3v) is 2.04. The summed E-state index contributed by atoms with van der Waals surface area (Å²) in [7, 11) is 0. The summed E-state index contributed by atoms with van der Waals surface area (Å²) in [4.78, 5) is 0. The molecule has 3 N–H and O–H groups in total. The Bertz CT molecular complexity index is 245. The van der Waals surface area contributed by atoms with Crippen molar-refractivity contribution in [3.63, 3.8) is 0 Å². The molecule has 1 aromatic carbocycles. The molecule has 0 aliphatic carbocycles. The van der Waals surface area contributed by atoms with Gasteiger partial charge in [-0.05, 0) is 24.5 Å². The summed E-state index contributed by atoms with van der Waals surface area (Å²) in [6.45, 7) is 2.45. The largest absolute Gasteiger partial charge is 0.324 e. The summed E-state index contributed by atoms with van der Waals surface area (Å²) in [5.74, 6) is 0. The van der Waals surface area contributed by atoms with Crippen LogP contribution in [0.25, 0.3) is 0 Å². The van der Waals surface area contributed by atoms with E-state index in [4.69, 9.17) is 11.5 Å². The Kier molecular flexibility index (Phi) is 3.26. The van der Waals surface area contributed by atoms with Crippen molar-refractivity contribution < 1.29 is 0 Å². The lowest BCUT2D eigenvalue weighted by Gasteiger charge is -2.12. The van der Waals surface area contributed by atoms with Gasteiger partial charge in [0, 0.05) is 12.6 Å². The topological polar surface area (TPSA) is 49.8 Å². The molecule has 1 aromatic rings. The molecule has 0 heterocycles. The quantitative estimate of drug-likeness (QED) is 0.724. The van der Waals surface area contributed by atoms with Crippen molar-refractivity contribution in [3.05, 3.63) is 35.4 Å². The molecule has 0 aliphatic heterocycles. The molecule has 1 rings (SSSR count). The number of nitrogens with two attached hydrogens (primary N) is 1. The molecular formula is C10H15N2. The molecule has 0 saturated carbocycles. The molecule has 0 fully saturated rings. The van der Waals surface area contributed by atoms with Gasteiger partial charge in [-0.25, -0.2) is 0 Å². The number of nitrogens with one attached hydrogen (secondary N) is 1. The smallest absolute Gasteiger partial charge is 0.0310 e. The van der Waals surface area contributed by atoms with Crippen LogP contribution in [0.15, 0.2) is 24.3 Å². The van der Waals surface area contributed by atoms with E-state index in [9.17, 15) is 0 Å². The van der Waals surface area contributed by atoms with E-state index >= 15 is 0 Å². The Morgan fingerprint density at radius 2 is 2.08 bits per heavy atom. The van der Waals surface area contributed by atoms with Gasteiger partial charge in [-0.2, -0.15) is 0 Å². The lowest BCUT2D eigenvalue weighted by molar-refractivity contribution is 0.651. The van der Waals surface area contributed by atoms with Crippen molar-refractivity contribution in [1.29, 1.82) is 0 Å². The molecule has 0 saturated heterocycles. The number of rotatable bonds is 3.